The topological polar surface area (TPSA) is 131 Å². The number of carbonyl (C=O) groups excluding carboxylic acids is 1. The predicted octanol–water partition coefficient (Wildman–Crippen LogP) is 10.2. The number of phosphoric acid groups is 1. The summed E-state index contributed by atoms with van der Waals surface area (Å²) in [7, 11) is -4.35. The molecule has 0 aromatic carbocycles. The SMILES string of the molecule is CCCCCCC/C=C\CCCCCCCC(=O)NC(COP(=O)(O)OCCN)C(O)/C=C/CC/C=C/CC/C=C/CCCCCCC. The fourth-order valence-electron chi connectivity index (χ4n) is 5.16. The summed E-state index contributed by atoms with van der Waals surface area (Å²) in [6.45, 7) is 4.05. The quantitative estimate of drug-likeness (QED) is 0.0295. The Morgan fingerprint density at radius 1 is 0.667 bits per heavy atom. The van der Waals surface area contributed by atoms with Gasteiger partial charge in [0.25, 0.3) is 0 Å². The molecular weight excluding hydrogens is 623 g/mol. The Labute approximate surface area is 294 Å². The van der Waals surface area contributed by atoms with Gasteiger partial charge in [0.05, 0.1) is 25.4 Å². The summed E-state index contributed by atoms with van der Waals surface area (Å²) >= 11 is 0. The van der Waals surface area contributed by atoms with Crippen LogP contribution in [0.4, 0.5) is 0 Å². The minimum absolute atomic E-state index is 0.0691. The van der Waals surface area contributed by atoms with Gasteiger partial charge in [-0.3, -0.25) is 13.8 Å². The zero-order chi connectivity index (χ0) is 35.4. The van der Waals surface area contributed by atoms with E-state index in [9.17, 15) is 19.4 Å². The second-order valence-electron chi connectivity index (χ2n) is 12.8. The Morgan fingerprint density at radius 2 is 1.10 bits per heavy atom. The number of amides is 1. The van der Waals surface area contributed by atoms with Crippen molar-refractivity contribution < 1.29 is 28.4 Å². The summed E-state index contributed by atoms with van der Waals surface area (Å²) in [6.07, 6.45) is 41.5. The van der Waals surface area contributed by atoms with Crippen molar-refractivity contribution in [3.8, 4) is 0 Å². The number of aliphatic hydroxyl groups excluding tert-OH is 1. The number of phosphoric ester groups is 1. The zero-order valence-electron chi connectivity index (χ0n) is 30.7. The lowest BCUT2D eigenvalue weighted by Gasteiger charge is -2.23. The zero-order valence-corrected chi connectivity index (χ0v) is 31.6. The van der Waals surface area contributed by atoms with Crippen LogP contribution < -0.4 is 11.1 Å². The van der Waals surface area contributed by atoms with E-state index in [0.717, 1.165) is 64.2 Å². The smallest absolute Gasteiger partial charge is 0.387 e. The molecule has 0 spiro atoms. The van der Waals surface area contributed by atoms with Gasteiger partial charge in [0.1, 0.15) is 0 Å². The fourth-order valence-corrected chi connectivity index (χ4v) is 5.92. The maximum atomic E-state index is 12.7. The maximum absolute atomic E-state index is 12.7. The first-order valence-electron chi connectivity index (χ1n) is 19.3. The average Bonchev–Trinajstić information content (AvgIpc) is 3.07. The Bertz CT molecular complexity index is 892. The van der Waals surface area contributed by atoms with E-state index in [1.165, 1.54) is 77.0 Å². The van der Waals surface area contributed by atoms with Gasteiger partial charge in [0.2, 0.25) is 5.91 Å². The number of carbonyl (C=O) groups is 1. The van der Waals surface area contributed by atoms with Gasteiger partial charge in [0.15, 0.2) is 0 Å². The third kappa shape index (κ3) is 33.0. The molecule has 0 aliphatic heterocycles. The first kappa shape index (κ1) is 46.5. The van der Waals surface area contributed by atoms with Gasteiger partial charge in [-0.2, -0.15) is 0 Å². The number of hydrogen-bond donors (Lipinski definition) is 4. The van der Waals surface area contributed by atoms with Crippen LogP contribution in [0.3, 0.4) is 0 Å². The average molecular weight is 697 g/mol. The lowest BCUT2D eigenvalue weighted by Crippen LogP contribution is -2.45. The summed E-state index contributed by atoms with van der Waals surface area (Å²) in [5, 5.41) is 13.6. The Kier molecular flexibility index (Phi) is 34.2. The van der Waals surface area contributed by atoms with Crippen LogP contribution >= 0.6 is 7.82 Å². The van der Waals surface area contributed by atoms with E-state index in [2.05, 4.69) is 55.6 Å². The van der Waals surface area contributed by atoms with E-state index in [-0.39, 0.29) is 25.7 Å². The minimum atomic E-state index is -4.35. The van der Waals surface area contributed by atoms with Gasteiger partial charge in [0, 0.05) is 13.0 Å². The maximum Gasteiger partial charge on any atom is 0.472 e. The van der Waals surface area contributed by atoms with E-state index < -0.39 is 20.0 Å². The third-order valence-electron chi connectivity index (χ3n) is 8.10. The van der Waals surface area contributed by atoms with Crippen molar-refractivity contribution in [2.45, 2.75) is 174 Å². The molecular formula is C39H73N2O6P. The largest absolute Gasteiger partial charge is 0.472 e. The lowest BCUT2D eigenvalue weighted by atomic mass is 10.1. The highest BCUT2D eigenvalue weighted by atomic mass is 31.2. The molecule has 0 rings (SSSR count). The van der Waals surface area contributed by atoms with Crippen LogP contribution in [-0.2, 0) is 18.4 Å². The standard InChI is InChI=1S/C39H73N2O6P/c1-3-5-7-9-11-13-15-17-19-20-22-24-26-28-30-32-38(42)37(36-47-48(44,45)46-35-34-40)41-39(43)33-31-29-27-25-23-21-18-16-14-12-10-8-6-4-2/h15-18,22,24,30,32,37-38,42H,3-14,19-21,23,25-29,31,33-36,40H2,1-2H3,(H,41,43)(H,44,45)/b17-15+,18-16-,24-22+,32-30+. The van der Waals surface area contributed by atoms with Gasteiger partial charge in [-0.05, 0) is 70.6 Å². The molecule has 0 saturated heterocycles. The van der Waals surface area contributed by atoms with Crippen molar-refractivity contribution in [1.82, 2.24) is 5.32 Å². The molecule has 0 fully saturated rings. The highest BCUT2D eigenvalue weighted by molar-refractivity contribution is 7.47. The summed E-state index contributed by atoms with van der Waals surface area (Å²) in [5.41, 5.74) is 5.35. The van der Waals surface area contributed by atoms with Gasteiger partial charge < -0.3 is 21.1 Å². The van der Waals surface area contributed by atoms with Crippen LogP contribution in [0, 0.1) is 0 Å². The van der Waals surface area contributed by atoms with E-state index in [0.29, 0.717) is 6.42 Å². The molecule has 8 nitrogen and oxygen atoms in total. The molecule has 0 aliphatic rings. The molecule has 5 N–H and O–H groups in total. The lowest BCUT2D eigenvalue weighted by molar-refractivity contribution is -0.123. The molecule has 48 heavy (non-hydrogen) atoms. The van der Waals surface area contributed by atoms with Crippen LogP contribution in [0.15, 0.2) is 48.6 Å². The number of rotatable bonds is 35. The normalized spacial score (nSPS) is 14.9. The van der Waals surface area contributed by atoms with Crippen molar-refractivity contribution in [2.24, 2.45) is 5.73 Å². The Balaban J connectivity index is 4.42. The first-order valence-corrected chi connectivity index (χ1v) is 20.8. The van der Waals surface area contributed by atoms with E-state index in [1.54, 1.807) is 6.08 Å². The molecule has 0 aromatic rings. The summed E-state index contributed by atoms with van der Waals surface area (Å²) in [4.78, 5) is 22.6. The summed E-state index contributed by atoms with van der Waals surface area (Å²) < 4.78 is 22.0. The van der Waals surface area contributed by atoms with Crippen molar-refractivity contribution in [1.29, 1.82) is 0 Å². The highest BCUT2D eigenvalue weighted by Crippen LogP contribution is 2.43. The third-order valence-corrected chi connectivity index (χ3v) is 9.09. The van der Waals surface area contributed by atoms with Crippen LogP contribution in [0.1, 0.15) is 162 Å². The second-order valence-corrected chi connectivity index (χ2v) is 14.2. The Morgan fingerprint density at radius 3 is 1.60 bits per heavy atom. The number of allylic oxidation sites excluding steroid dienone is 7. The number of unbranched alkanes of at least 4 members (excludes halogenated alkanes) is 17. The summed E-state index contributed by atoms with van der Waals surface area (Å²) in [5.74, 6) is -0.220. The predicted molar refractivity (Wildman–Crippen MR) is 203 cm³/mol. The highest BCUT2D eigenvalue weighted by Gasteiger charge is 2.26. The fraction of sp³-hybridized carbons (Fsp3) is 0.769. The van der Waals surface area contributed by atoms with Crippen LogP contribution in [0.5, 0.6) is 0 Å². The Hall–Kier alpha value is -1.54. The molecule has 1 amide bonds. The minimum Gasteiger partial charge on any atom is -0.387 e. The number of nitrogens with two attached hydrogens (primary N) is 1. The van der Waals surface area contributed by atoms with Gasteiger partial charge in [-0.25, -0.2) is 4.57 Å². The van der Waals surface area contributed by atoms with Crippen molar-refractivity contribution in [2.75, 3.05) is 19.8 Å². The first-order chi connectivity index (χ1) is 23.4. The van der Waals surface area contributed by atoms with E-state index >= 15 is 0 Å². The van der Waals surface area contributed by atoms with Crippen molar-refractivity contribution in [3.05, 3.63) is 48.6 Å². The summed E-state index contributed by atoms with van der Waals surface area (Å²) in [6, 6.07) is -0.886. The molecule has 0 bridgehead atoms. The molecule has 3 unspecified atom stereocenters. The number of hydrogen-bond acceptors (Lipinski definition) is 6. The molecule has 3 atom stereocenters. The second kappa shape index (κ2) is 35.3. The molecule has 0 aliphatic carbocycles. The molecule has 0 saturated carbocycles. The van der Waals surface area contributed by atoms with Crippen LogP contribution in [0.25, 0.3) is 0 Å². The number of aliphatic hydroxyl groups is 1. The molecule has 280 valence electrons. The van der Waals surface area contributed by atoms with Gasteiger partial charge in [-0.15, -0.1) is 0 Å². The monoisotopic (exact) mass is 697 g/mol. The number of nitrogens with one attached hydrogen (secondary N) is 1. The van der Waals surface area contributed by atoms with Gasteiger partial charge >= 0.3 is 7.82 Å². The van der Waals surface area contributed by atoms with Gasteiger partial charge in [-0.1, -0.05) is 133 Å². The van der Waals surface area contributed by atoms with Crippen LogP contribution in [-0.4, -0.2) is 47.8 Å². The molecule has 0 heterocycles. The van der Waals surface area contributed by atoms with Crippen molar-refractivity contribution >= 4 is 13.7 Å². The molecule has 0 radical (unpaired) electrons. The van der Waals surface area contributed by atoms with Crippen molar-refractivity contribution in [3.63, 3.8) is 0 Å². The molecule has 0 aromatic heterocycles. The van der Waals surface area contributed by atoms with E-state index in [4.69, 9.17) is 14.8 Å². The molecule has 9 heteroatoms. The van der Waals surface area contributed by atoms with E-state index in [1.807, 2.05) is 6.08 Å². The van der Waals surface area contributed by atoms with Crippen LogP contribution in [0.2, 0.25) is 0 Å².